The Morgan fingerprint density at radius 2 is 2.20 bits per heavy atom. The number of benzene rings is 1. The zero-order valence-electron chi connectivity index (χ0n) is 12.1. The first-order valence-corrected chi connectivity index (χ1v) is 7.60. The predicted octanol–water partition coefficient (Wildman–Crippen LogP) is 2.63. The molecular weight excluding hydrogens is 254 g/mol. The van der Waals surface area contributed by atoms with Crippen LogP contribution in [0.3, 0.4) is 0 Å². The summed E-state index contributed by atoms with van der Waals surface area (Å²) >= 11 is 0. The highest BCUT2D eigenvalue weighted by molar-refractivity contribution is 5.49. The van der Waals surface area contributed by atoms with E-state index < -0.39 is 0 Å². The van der Waals surface area contributed by atoms with Crippen LogP contribution in [0.2, 0.25) is 0 Å². The summed E-state index contributed by atoms with van der Waals surface area (Å²) in [5.74, 6) is 1.84. The molecule has 0 amide bonds. The van der Waals surface area contributed by atoms with Gasteiger partial charge in [-0.1, -0.05) is 12.1 Å². The fraction of sp³-hybridized carbons (Fsp3) is 0.625. The van der Waals surface area contributed by atoms with Crippen LogP contribution >= 0.6 is 0 Å². The van der Waals surface area contributed by atoms with E-state index in [1.165, 1.54) is 18.4 Å². The number of hydrogen-bond acceptors (Lipinski definition) is 4. The number of nitrogens with zero attached hydrogens (tertiary/aromatic N) is 1. The van der Waals surface area contributed by atoms with Gasteiger partial charge in [-0.15, -0.1) is 0 Å². The summed E-state index contributed by atoms with van der Waals surface area (Å²) in [7, 11) is 0. The van der Waals surface area contributed by atoms with E-state index in [-0.39, 0.29) is 0 Å². The lowest BCUT2D eigenvalue weighted by Gasteiger charge is -2.28. The van der Waals surface area contributed by atoms with Gasteiger partial charge in [0.2, 0.25) is 0 Å². The van der Waals surface area contributed by atoms with Crippen molar-refractivity contribution < 1.29 is 14.2 Å². The molecule has 1 aromatic carbocycles. The molecule has 0 saturated carbocycles. The fourth-order valence-corrected chi connectivity index (χ4v) is 3.13. The van der Waals surface area contributed by atoms with Gasteiger partial charge in [0.15, 0.2) is 11.5 Å². The minimum Gasteiger partial charge on any atom is -0.486 e. The molecule has 0 aromatic heterocycles. The third-order valence-electron chi connectivity index (χ3n) is 4.05. The Hall–Kier alpha value is -1.26. The van der Waals surface area contributed by atoms with Crippen LogP contribution in [0.25, 0.3) is 0 Å². The molecule has 0 bridgehead atoms. The molecule has 2 aliphatic heterocycles. The second-order valence-electron chi connectivity index (χ2n) is 5.26. The van der Waals surface area contributed by atoms with Gasteiger partial charge in [-0.3, -0.25) is 4.90 Å². The minimum atomic E-state index is 0.437. The van der Waals surface area contributed by atoms with E-state index in [1.807, 2.05) is 13.0 Å². The van der Waals surface area contributed by atoms with Gasteiger partial charge in [0.1, 0.15) is 13.2 Å². The number of likely N-dealkylation sites (tertiary alicyclic amines) is 1. The average Bonchev–Trinajstić information content (AvgIpc) is 2.95. The summed E-state index contributed by atoms with van der Waals surface area (Å²) in [5.41, 5.74) is 1.27. The molecule has 1 aromatic rings. The molecule has 1 saturated heterocycles. The Morgan fingerprint density at radius 3 is 3.10 bits per heavy atom. The first-order chi connectivity index (χ1) is 9.90. The van der Waals surface area contributed by atoms with Crippen LogP contribution in [0.15, 0.2) is 18.2 Å². The van der Waals surface area contributed by atoms with Crippen molar-refractivity contribution in [1.29, 1.82) is 0 Å². The van der Waals surface area contributed by atoms with Crippen LogP contribution in [0, 0.1) is 0 Å². The molecule has 20 heavy (non-hydrogen) atoms. The first-order valence-electron chi connectivity index (χ1n) is 7.60. The van der Waals surface area contributed by atoms with Gasteiger partial charge in [-0.2, -0.15) is 0 Å². The second kappa shape index (κ2) is 6.46. The van der Waals surface area contributed by atoms with E-state index >= 15 is 0 Å². The Kier molecular flexibility index (Phi) is 4.43. The van der Waals surface area contributed by atoms with Crippen molar-refractivity contribution in [3.63, 3.8) is 0 Å². The van der Waals surface area contributed by atoms with Crippen molar-refractivity contribution in [3.8, 4) is 11.5 Å². The molecule has 2 aliphatic rings. The molecule has 3 rings (SSSR count). The maximum Gasteiger partial charge on any atom is 0.166 e. The monoisotopic (exact) mass is 277 g/mol. The summed E-state index contributed by atoms with van der Waals surface area (Å²) in [6.45, 7) is 7.06. The van der Waals surface area contributed by atoms with E-state index in [1.54, 1.807) is 0 Å². The third kappa shape index (κ3) is 2.76. The zero-order valence-corrected chi connectivity index (χ0v) is 12.1. The van der Waals surface area contributed by atoms with Crippen molar-refractivity contribution in [2.75, 3.05) is 39.5 Å². The summed E-state index contributed by atoms with van der Waals surface area (Å²) < 4.78 is 17.0. The second-order valence-corrected chi connectivity index (χ2v) is 5.26. The summed E-state index contributed by atoms with van der Waals surface area (Å²) in [6.07, 6.45) is 2.42. The SMILES string of the molecule is CCOCCN1CCC[C@H]1c1cccc2c1OCCO2. The van der Waals surface area contributed by atoms with Crippen molar-refractivity contribution in [2.24, 2.45) is 0 Å². The van der Waals surface area contributed by atoms with Crippen LogP contribution in [-0.4, -0.2) is 44.4 Å². The highest BCUT2D eigenvalue weighted by Gasteiger charge is 2.30. The van der Waals surface area contributed by atoms with Crippen LogP contribution in [-0.2, 0) is 4.74 Å². The lowest BCUT2D eigenvalue weighted by molar-refractivity contribution is 0.107. The van der Waals surface area contributed by atoms with Gasteiger partial charge in [0, 0.05) is 24.8 Å². The molecule has 0 N–H and O–H groups in total. The van der Waals surface area contributed by atoms with E-state index in [0.29, 0.717) is 19.3 Å². The molecule has 4 heteroatoms. The summed E-state index contributed by atoms with van der Waals surface area (Å²) in [4.78, 5) is 2.50. The lowest BCUT2D eigenvalue weighted by Crippen LogP contribution is -2.28. The molecule has 4 nitrogen and oxygen atoms in total. The molecule has 2 heterocycles. The largest absolute Gasteiger partial charge is 0.486 e. The minimum absolute atomic E-state index is 0.437. The Labute approximate surface area is 120 Å². The molecular formula is C16H23NO3. The van der Waals surface area contributed by atoms with Crippen LogP contribution in [0.4, 0.5) is 0 Å². The van der Waals surface area contributed by atoms with E-state index in [0.717, 1.165) is 37.8 Å². The van der Waals surface area contributed by atoms with Crippen LogP contribution in [0.1, 0.15) is 31.4 Å². The van der Waals surface area contributed by atoms with Crippen molar-refractivity contribution in [3.05, 3.63) is 23.8 Å². The number of para-hydroxylation sites is 1. The number of hydrogen-bond donors (Lipinski definition) is 0. The Balaban J connectivity index is 1.77. The molecule has 0 spiro atoms. The number of fused-ring (bicyclic) bond motifs is 1. The lowest BCUT2D eigenvalue weighted by atomic mass is 10.0. The quantitative estimate of drug-likeness (QED) is 0.774. The third-order valence-corrected chi connectivity index (χ3v) is 4.05. The standard InChI is InChI=1S/C16H23NO3/c1-2-18-10-9-17-8-4-6-14(17)13-5-3-7-15-16(13)20-12-11-19-15/h3,5,7,14H,2,4,6,8-12H2,1H3/t14-/m0/s1. The van der Waals surface area contributed by atoms with Crippen LogP contribution in [0.5, 0.6) is 11.5 Å². The van der Waals surface area contributed by atoms with Crippen molar-refractivity contribution in [2.45, 2.75) is 25.8 Å². The van der Waals surface area contributed by atoms with Crippen molar-refractivity contribution >= 4 is 0 Å². The topological polar surface area (TPSA) is 30.9 Å². The van der Waals surface area contributed by atoms with E-state index in [4.69, 9.17) is 14.2 Å². The van der Waals surface area contributed by atoms with Gasteiger partial charge >= 0.3 is 0 Å². The normalized spacial score (nSPS) is 22.1. The smallest absolute Gasteiger partial charge is 0.166 e. The van der Waals surface area contributed by atoms with Gasteiger partial charge in [-0.25, -0.2) is 0 Å². The molecule has 110 valence electrons. The zero-order chi connectivity index (χ0) is 13.8. The Bertz CT molecular complexity index is 449. The molecule has 1 atom stereocenters. The van der Waals surface area contributed by atoms with Gasteiger partial charge < -0.3 is 14.2 Å². The van der Waals surface area contributed by atoms with E-state index in [9.17, 15) is 0 Å². The van der Waals surface area contributed by atoms with Crippen molar-refractivity contribution in [1.82, 2.24) is 4.90 Å². The first kappa shape index (κ1) is 13.7. The highest BCUT2D eigenvalue weighted by Crippen LogP contribution is 2.42. The maximum atomic E-state index is 5.86. The van der Waals surface area contributed by atoms with Gasteiger partial charge in [0.05, 0.1) is 6.61 Å². The fourth-order valence-electron chi connectivity index (χ4n) is 3.13. The number of rotatable bonds is 5. The molecule has 0 radical (unpaired) electrons. The molecule has 0 unspecified atom stereocenters. The molecule has 0 aliphatic carbocycles. The van der Waals surface area contributed by atoms with Gasteiger partial charge in [0.25, 0.3) is 0 Å². The highest BCUT2D eigenvalue weighted by atomic mass is 16.6. The Morgan fingerprint density at radius 1 is 1.30 bits per heavy atom. The number of ether oxygens (including phenoxy) is 3. The van der Waals surface area contributed by atoms with E-state index in [2.05, 4.69) is 17.0 Å². The molecule has 1 fully saturated rings. The summed E-state index contributed by atoms with van der Waals surface area (Å²) in [5, 5.41) is 0. The predicted molar refractivity (Wildman–Crippen MR) is 77.5 cm³/mol. The maximum absolute atomic E-state index is 5.86. The summed E-state index contributed by atoms with van der Waals surface area (Å²) in [6, 6.07) is 6.68. The van der Waals surface area contributed by atoms with Crippen LogP contribution < -0.4 is 9.47 Å². The van der Waals surface area contributed by atoms with Gasteiger partial charge in [-0.05, 0) is 32.4 Å². The average molecular weight is 277 g/mol.